The molecule has 4 nitrogen and oxygen atoms in total. The third kappa shape index (κ3) is 2.52. The predicted octanol–water partition coefficient (Wildman–Crippen LogP) is -0.790. The predicted molar refractivity (Wildman–Crippen MR) is 60.4 cm³/mol. The molecule has 1 saturated heterocycles. The molecule has 0 aliphatic carbocycles. The van der Waals surface area contributed by atoms with E-state index >= 15 is 0 Å². The van der Waals surface area contributed by atoms with Gasteiger partial charge in [-0.15, -0.1) is 0 Å². The van der Waals surface area contributed by atoms with E-state index in [0.717, 1.165) is 30.9 Å². The van der Waals surface area contributed by atoms with E-state index in [1.165, 1.54) is 4.90 Å². The molecule has 1 fully saturated rings. The van der Waals surface area contributed by atoms with Crippen LogP contribution in [0.1, 0.15) is 5.56 Å². The molecule has 16 heavy (non-hydrogen) atoms. The van der Waals surface area contributed by atoms with Crippen molar-refractivity contribution < 1.29 is 14.4 Å². The van der Waals surface area contributed by atoms with Crippen molar-refractivity contribution in [1.82, 2.24) is 5.32 Å². The molecule has 1 aliphatic heterocycles. The number of hydrogen-bond donors (Lipinski definition) is 2. The van der Waals surface area contributed by atoms with Crippen LogP contribution in [0.4, 0.5) is 0 Å². The summed E-state index contributed by atoms with van der Waals surface area (Å²) in [5.74, 6) is 1.04. The lowest BCUT2D eigenvalue weighted by molar-refractivity contribution is -0.907. The van der Waals surface area contributed by atoms with E-state index in [0.29, 0.717) is 6.54 Å². The van der Waals surface area contributed by atoms with Crippen LogP contribution >= 0.6 is 0 Å². The van der Waals surface area contributed by atoms with Crippen molar-refractivity contribution in [3.8, 4) is 5.75 Å². The molecule has 2 rings (SSSR count). The molecule has 1 atom stereocenters. The van der Waals surface area contributed by atoms with Gasteiger partial charge < -0.3 is 15.0 Å². The van der Waals surface area contributed by atoms with Gasteiger partial charge in [0.15, 0.2) is 6.54 Å². The van der Waals surface area contributed by atoms with Gasteiger partial charge in [0.05, 0.1) is 20.2 Å². The lowest BCUT2D eigenvalue weighted by Crippen LogP contribution is -3.14. The van der Waals surface area contributed by atoms with Gasteiger partial charge in [-0.05, 0) is 12.1 Å². The zero-order valence-corrected chi connectivity index (χ0v) is 9.45. The first kappa shape index (κ1) is 11.0. The van der Waals surface area contributed by atoms with E-state index in [1.807, 2.05) is 18.2 Å². The van der Waals surface area contributed by atoms with E-state index in [4.69, 9.17) is 4.74 Å². The number of methoxy groups -OCH3 is 1. The zero-order valence-electron chi connectivity index (χ0n) is 9.45. The van der Waals surface area contributed by atoms with E-state index in [1.54, 1.807) is 7.11 Å². The van der Waals surface area contributed by atoms with Crippen LogP contribution in [0.2, 0.25) is 0 Å². The van der Waals surface area contributed by atoms with Gasteiger partial charge in [-0.25, -0.2) is 0 Å². The highest BCUT2D eigenvalue weighted by Crippen LogP contribution is 2.15. The number of amides is 1. The molecule has 86 valence electrons. The quantitative estimate of drug-likeness (QED) is 0.702. The van der Waals surface area contributed by atoms with Crippen LogP contribution in [-0.4, -0.2) is 32.7 Å². The molecule has 1 aromatic carbocycles. The van der Waals surface area contributed by atoms with Crippen molar-refractivity contribution in [1.29, 1.82) is 0 Å². The maximum atomic E-state index is 11.3. The van der Waals surface area contributed by atoms with Crippen molar-refractivity contribution in [2.24, 2.45) is 0 Å². The molecule has 0 radical (unpaired) electrons. The average molecular weight is 221 g/mol. The topological polar surface area (TPSA) is 42.8 Å². The fourth-order valence-electron chi connectivity index (χ4n) is 2.03. The fourth-order valence-corrected chi connectivity index (χ4v) is 2.03. The van der Waals surface area contributed by atoms with Gasteiger partial charge in [-0.3, -0.25) is 4.79 Å². The van der Waals surface area contributed by atoms with E-state index in [-0.39, 0.29) is 5.91 Å². The number of piperazine rings is 1. The average Bonchev–Trinajstić information content (AvgIpc) is 2.30. The number of para-hydroxylation sites is 1. The van der Waals surface area contributed by atoms with Crippen molar-refractivity contribution in [2.75, 3.05) is 26.7 Å². The molecular formula is C12H17N2O2+. The second kappa shape index (κ2) is 4.99. The van der Waals surface area contributed by atoms with Crippen LogP contribution < -0.4 is 15.0 Å². The van der Waals surface area contributed by atoms with Gasteiger partial charge in [0.1, 0.15) is 12.3 Å². The van der Waals surface area contributed by atoms with E-state index < -0.39 is 0 Å². The van der Waals surface area contributed by atoms with Crippen LogP contribution in [0.5, 0.6) is 5.75 Å². The van der Waals surface area contributed by atoms with Crippen LogP contribution in [-0.2, 0) is 11.3 Å². The standard InChI is InChI=1S/C12H16N2O2/c1-16-11-5-3-2-4-10(11)8-14-7-6-13-12(15)9-14/h2-5H,6-9H2,1H3,(H,13,15)/p+1. The lowest BCUT2D eigenvalue weighted by atomic mass is 10.2. The monoisotopic (exact) mass is 221 g/mol. The first-order valence-electron chi connectivity index (χ1n) is 5.52. The summed E-state index contributed by atoms with van der Waals surface area (Å²) in [4.78, 5) is 12.5. The summed E-state index contributed by atoms with van der Waals surface area (Å²) in [6.07, 6.45) is 0. The Morgan fingerprint density at radius 3 is 3.00 bits per heavy atom. The number of rotatable bonds is 3. The molecular weight excluding hydrogens is 204 g/mol. The first-order chi connectivity index (χ1) is 7.79. The number of nitrogens with one attached hydrogen (secondary N) is 2. The van der Waals surface area contributed by atoms with Gasteiger partial charge >= 0.3 is 0 Å². The largest absolute Gasteiger partial charge is 0.496 e. The lowest BCUT2D eigenvalue weighted by Gasteiger charge is -2.24. The summed E-state index contributed by atoms with van der Waals surface area (Å²) in [7, 11) is 1.68. The third-order valence-corrected chi connectivity index (χ3v) is 2.84. The van der Waals surface area contributed by atoms with Crippen molar-refractivity contribution in [3.63, 3.8) is 0 Å². The van der Waals surface area contributed by atoms with Crippen molar-refractivity contribution in [3.05, 3.63) is 29.8 Å². The van der Waals surface area contributed by atoms with Crippen LogP contribution in [0, 0.1) is 0 Å². The smallest absolute Gasteiger partial charge is 0.275 e. The maximum Gasteiger partial charge on any atom is 0.275 e. The third-order valence-electron chi connectivity index (χ3n) is 2.84. The van der Waals surface area contributed by atoms with E-state index in [2.05, 4.69) is 11.4 Å². The Morgan fingerprint density at radius 1 is 1.44 bits per heavy atom. The highest BCUT2D eigenvalue weighted by atomic mass is 16.5. The fraction of sp³-hybridized carbons (Fsp3) is 0.417. The zero-order chi connectivity index (χ0) is 11.4. The Hall–Kier alpha value is -1.55. The molecule has 1 amide bonds. The first-order valence-corrected chi connectivity index (χ1v) is 5.52. The molecule has 4 heteroatoms. The van der Waals surface area contributed by atoms with Crippen LogP contribution in [0.3, 0.4) is 0 Å². The molecule has 2 N–H and O–H groups in total. The van der Waals surface area contributed by atoms with Crippen LogP contribution in [0.25, 0.3) is 0 Å². The van der Waals surface area contributed by atoms with Crippen molar-refractivity contribution >= 4 is 5.91 Å². The summed E-state index contributed by atoms with van der Waals surface area (Å²) < 4.78 is 5.30. The Bertz CT molecular complexity index is 379. The summed E-state index contributed by atoms with van der Waals surface area (Å²) >= 11 is 0. The van der Waals surface area contributed by atoms with Gasteiger partial charge in [0.2, 0.25) is 0 Å². The summed E-state index contributed by atoms with van der Waals surface area (Å²) in [6, 6.07) is 7.97. The van der Waals surface area contributed by atoms with Gasteiger partial charge in [-0.2, -0.15) is 0 Å². The Kier molecular flexibility index (Phi) is 3.41. The molecule has 0 saturated carbocycles. The van der Waals surface area contributed by atoms with Crippen molar-refractivity contribution in [2.45, 2.75) is 6.54 Å². The maximum absolute atomic E-state index is 11.3. The second-order valence-corrected chi connectivity index (χ2v) is 4.02. The normalized spacial score (nSPS) is 20.3. The number of carbonyl (C=O) groups is 1. The van der Waals surface area contributed by atoms with Gasteiger partial charge in [0, 0.05) is 5.56 Å². The van der Waals surface area contributed by atoms with E-state index in [9.17, 15) is 4.79 Å². The minimum absolute atomic E-state index is 0.135. The number of ether oxygens (including phenoxy) is 1. The second-order valence-electron chi connectivity index (χ2n) is 4.02. The number of carbonyl (C=O) groups excluding carboxylic acids is 1. The number of quaternary nitrogens is 1. The summed E-state index contributed by atoms with van der Waals surface area (Å²) in [5.41, 5.74) is 1.16. The summed E-state index contributed by atoms with van der Waals surface area (Å²) in [5, 5.41) is 2.84. The molecule has 1 heterocycles. The Morgan fingerprint density at radius 2 is 2.25 bits per heavy atom. The highest BCUT2D eigenvalue weighted by molar-refractivity contribution is 5.77. The molecule has 0 aromatic heterocycles. The SMILES string of the molecule is COc1ccccc1C[NH+]1CCNC(=O)C1. The molecule has 1 unspecified atom stereocenters. The van der Waals surface area contributed by atoms with Crippen LogP contribution in [0.15, 0.2) is 24.3 Å². The molecule has 0 spiro atoms. The highest BCUT2D eigenvalue weighted by Gasteiger charge is 2.20. The molecule has 1 aromatic rings. The van der Waals surface area contributed by atoms with Gasteiger partial charge in [-0.1, -0.05) is 12.1 Å². The minimum atomic E-state index is 0.135. The molecule has 1 aliphatic rings. The van der Waals surface area contributed by atoms with Gasteiger partial charge in [0.25, 0.3) is 5.91 Å². The number of hydrogen-bond acceptors (Lipinski definition) is 2. The number of benzene rings is 1. The molecule has 0 bridgehead atoms. The Balaban J connectivity index is 2.05. The summed E-state index contributed by atoms with van der Waals surface area (Å²) in [6.45, 7) is 3.14. The Labute approximate surface area is 95.2 Å². The minimum Gasteiger partial charge on any atom is -0.496 e.